The molecule has 1 heterocycles. The van der Waals surface area contributed by atoms with Gasteiger partial charge < -0.3 is 14.6 Å². The maximum Gasteiger partial charge on any atom is 0.255 e. The van der Waals surface area contributed by atoms with Crippen LogP contribution in [0.1, 0.15) is 55.4 Å². The third-order valence-corrected chi connectivity index (χ3v) is 7.00. The topological polar surface area (TPSA) is 115 Å². The predicted octanol–water partition coefficient (Wildman–Crippen LogP) is 3.83. The normalized spacial score (nSPS) is 11.9. The van der Waals surface area contributed by atoms with E-state index in [1.165, 1.54) is 37.9 Å². The molecule has 0 saturated heterocycles. The number of nitrogens with one attached hydrogen (secondary N) is 1. The van der Waals surface area contributed by atoms with Gasteiger partial charge in [0.2, 0.25) is 21.7 Å². The first-order valence-electron chi connectivity index (χ1n) is 10.9. The second-order valence-electron chi connectivity index (χ2n) is 8.54. The van der Waals surface area contributed by atoms with Crippen molar-refractivity contribution in [3.05, 3.63) is 59.5 Å². The van der Waals surface area contributed by atoms with Gasteiger partial charge in [-0.05, 0) is 43.5 Å². The summed E-state index contributed by atoms with van der Waals surface area (Å²) in [7, 11) is -1.11. The maximum absolute atomic E-state index is 13.2. The molecule has 1 aromatic heterocycles. The zero-order chi connectivity index (χ0) is 25.0. The molecule has 0 aliphatic carbocycles. The number of rotatable bonds is 9. The minimum absolute atomic E-state index is 0.0475. The van der Waals surface area contributed by atoms with Gasteiger partial charge in [-0.25, -0.2) is 8.42 Å². The molecule has 0 atom stereocenters. The van der Waals surface area contributed by atoms with Crippen LogP contribution in [0.3, 0.4) is 0 Å². The van der Waals surface area contributed by atoms with Gasteiger partial charge in [0.05, 0.1) is 24.1 Å². The molecular weight excluding hydrogens is 456 g/mol. The van der Waals surface area contributed by atoms with Crippen molar-refractivity contribution >= 4 is 15.9 Å². The third-order valence-electron chi connectivity index (χ3n) is 5.21. The molecule has 0 fully saturated rings. The van der Waals surface area contributed by atoms with Crippen molar-refractivity contribution < 1.29 is 22.5 Å². The van der Waals surface area contributed by atoms with Crippen molar-refractivity contribution in [2.24, 2.45) is 0 Å². The monoisotopic (exact) mass is 486 g/mol. The average Bonchev–Trinajstić information content (AvgIpc) is 3.26. The van der Waals surface area contributed by atoms with Crippen LogP contribution < -0.4 is 10.1 Å². The van der Waals surface area contributed by atoms with Gasteiger partial charge in [0.25, 0.3) is 5.91 Å². The van der Waals surface area contributed by atoms with Gasteiger partial charge in [-0.1, -0.05) is 43.3 Å². The number of carbonyl (C=O) groups excluding carboxylic acids is 1. The summed E-state index contributed by atoms with van der Waals surface area (Å²) in [5.41, 5.74) is 2.11. The number of methoxy groups -OCH3 is 1. The second-order valence-corrected chi connectivity index (χ2v) is 10.6. The molecule has 0 aliphatic heterocycles. The van der Waals surface area contributed by atoms with Crippen LogP contribution in [-0.2, 0) is 16.6 Å². The Morgan fingerprint density at radius 3 is 2.38 bits per heavy atom. The molecule has 10 heteroatoms. The SMILES string of the molecule is COc1ccc(S(=O)(=O)N(C)Cc2nc(-c3ccc(C(C)C)cc3)no2)cc1C(=O)NC(C)C. The summed E-state index contributed by atoms with van der Waals surface area (Å²) < 4.78 is 38.0. The van der Waals surface area contributed by atoms with E-state index >= 15 is 0 Å². The van der Waals surface area contributed by atoms with E-state index in [2.05, 4.69) is 29.3 Å². The molecule has 9 nitrogen and oxygen atoms in total. The minimum Gasteiger partial charge on any atom is -0.496 e. The number of benzene rings is 2. The van der Waals surface area contributed by atoms with E-state index in [1.807, 2.05) is 38.1 Å². The van der Waals surface area contributed by atoms with E-state index in [9.17, 15) is 13.2 Å². The van der Waals surface area contributed by atoms with E-state index in [4.69, 9.17) is 9.26 Å². The number of hydrogen-bond acceptors (Lipinski definition) is 7. The molecule has 2 aromatic carbocycles. The number of nitrogens with zero attached hydrogens (tertiary/aromatic N) is 3. The molecule has 1 amide bonds. The fraction of sp³-hybridized carbons (Fsp3) is 0.375. The minimum atomic E-state index is -3.95. The highest BCUT2D eigenvalue weighted by Gasteiger charge is 2.26. The Morgan fingerprint density at radius 2 is 1.79 bits per heavy atom. The summed E-state index contributed by atoms with van der Waals surface area (Å²) >= 11 is 0. The molecule has 1 N–H and O–H groups in total. The number of aromatic nitrogens is 2. The number of amides is 1. The van der Waals surface area contributed by atoms with E-state index < -0.39 is 15.9 Å². The molecule has 34 heavy (non-hydrogen) atoms. The zero-order valence-corrected chi connectivity index (χ0v) is 21.0. The van der Waals surface area contributed by atoms with Crippen molar-refractivity contribution in [3.8, 4) is 17.1 Å². The largest absolute Gasteiger partial charge is 0.496 e. The summed E-state index contributed by atoms with van der Waals surface area (Å²) in [5, 5.41) is 6.73. The van der Waals surface area contributed by atoms with Crippen LogP contribution >= 0.6 is 0 Å². The Labute approximate surface area is 200 Å². The standard InChI is InChI=1S/C24H30N4O5S/c1-15(2)17-7-9-18(10-8-17)23-26-22(33-27-23)14-28(5)34(30,31)19-11-12-21(32-6)20(13-19)24(29)25-16(3)4/h7-13,15-16H,14H2,1-6H3,(H,25,29). The van der Waals surface area contributed by atoms with Gasteiger partial charge in [-0.2, -0.15) is 9.29 Å². The van der Waals surface area contributed by atoms with Crippen LogP contribution in [0.15, 0.2) is 51.9 Å². The lowest BCUT2D eigenvalue weighted by atomic mass is 10.0. The highest BCUT2D eigenvalue weighted by molar-refractivity contribution is 7.89. The lowest BCUT2D eigenvalue weighted by Gasteiger charge is -2.17. The smallest absolute Gasteiger partial charge is 0.255 e. The van der Waals surface area contributed by atoms with Gasteiger partial charge >= 0.3 is 0 Å². The zero-order valence-electron chi connectivity index (χ0n) is 20.2. The fourth-order valence-corrected chi connectivity index (χ4v) is 4.42. The van der Waals surface area contributed by atoms with E-state index in [0.29, 0.717) is 11.7 Å². The second kappa shape index (κ2) is 10.4. The highest BCUT2D eigenvalue weighted by atomic mass is 32.2. The molecule has 0 radical (unpaired) electrons. The summed E-state index contributed by atoms with van der Waals surface area (Å²) in [6.45, 7) is 7.73. The van der Waals surface area contributed by atoms with E-state index in [1.54, 1.807) is 0 Å². The molecule has 0 spiro atoms. The number of sulfonamides is 1. The summed E-state index contributed by atoms with van der Waals surface area (Å²) in [5.74, 6) is 0.804. The molecule has 3 rings (SSSR count). The molecule has 0 unspecified atom stereocenters. The summed E-state index contributed by atoms with van der Waals surface area (Å²) in [4.78, 5) is 16.8. The van der Waals surface area contributed by atoms with Gasteiger partial charge in [0.15, 0.2) is 0 Å². The molecule has 0 bridgehead atoms. The number of ether oxygens (including phenoxy) is 1. The van der Waals surface area contributed by atoms with Crippen molar-refractivity contribution in [1.29, 1.82) is 0 Å². The first-order valence-corrected chi connectivity index (χ1v) is 12.3. The van der Waals surface area contributed by atoms with E-state index in [-0.39, 0.29) is 34.7 Å². The Kier molecular flexibility index (Phi) is 7.73. The van der Waals surface area contributed by atoms with Crippen LogP contribution in [0.25, 0.3) is 11.4 Å². The molecular formula is C24H30N4O5S. The van der Waals surface area contributed by atoms with Gasteiger partial charge in [-0.15, -0.1) is 0 Å². The Morgan fingerprint density at radius 1 is 1.12 bits per heavy atom. The predicted molar refractivity (Wildman–Crippen MR) is 128 cm³/mol. The van der Waals surface area contributed by atoms with Crippen LogP contribution in [0.5, 0.6) is 5.75 Å². The maximum atomic E-state index is 13.2. The van der Waals surface area contributed by atoms with Crippen molar-refractivity contribution in [2.75, 3.05) is 14.2 Å². The molecule has 182 valence electrons. The van der Waals surface area contributed by atoms with Crippen LogP contribution in [-0.4, -0.2) is 49.0 Å². The van der Waals surface area contributed by atoms with Gasteiger partial charge in [-0.3, -0.25) is 4.79 Å². The highest BCUT2D eigenvalue weighted by Crippen LogP contribution is 2.26. The molecule has 3 aromatic rings. The Balaban J connectivity index is 1.81. The average molecular weight is 487 g/mol. The van der Waals surface area contributed by atoms with Gasteiger partial charge in [0, 0.05) is 18.7 Å². The quantitative estimate of drug-likeness (QED) is 0.489. The molecule has 0 aliphatic rings. The van der Waals surface area contributed by atoms with Crippen LogP contribution in [0.2, 0.25) is 0 Å². The summed E-state index contributed by atoms with van der Waals surface area (Å²) in [6, 6.07) is 11.9. The van der Waals surface area contributed by atoms with Crippen LogP contribution in [0, 0.1) is 0 Å². The molecule has 0 saturated carbocycles. The van der Waals surface area contributed by atoms with E-state index in [0.717, 1.165) is 9.87 Å². The lowest BCUT2D eigenvalue weighted by molar-refractivity contribution is 0.0940. The first kappa shape index (κ1) is 25.4. The van der Waals surface area contributed by atoms with Crippen molar-refractivity contribution in [1.82, 2.24) is 19.8 Å². The van der Waals surface area contributed by atoms with Crippen LogP contribution in [0.4, 0.5) is 0 Å². The third kappa shape index (κ3) is 5.63. The van der Waals surface area contributed by atoms with Gasteiger partial charge in [0.1, 0.15) is 5.75 Å². The Hall–Kier alpha value is -3.24. The first-order chi connectivity index (χ1) is 16.0. The number of hydrogen-bond donors (Lipinski definition) is 1. The lowest BCUT2D eigenvalue weighted by Crippen LogP contribution is -2.31. The van der Waals surface area contributed by atoms with Crippen molar-refractivity contribution in [2.45, 2.75) is 51.1 Å². The Bertz CT molecular complexity index is 1250. The summed E-state index contributed by atoms with van der Waals surface area (Å²) in [6.07, 6.45) is 0. The van der Waals surface area contributed by atoms with Crippen molar-refractivity contribution in [3.63, 3.8) is 0 Å². The number of carbonyl (C=O) groups is 1. The fourth-order valence-electron chi connectivity index (χ4n) is 3.27.